The second kappa shape index (κ2) is 3.38. The van der Waals surface area contributed by atoms with Crippen molar-refractivity contribution in [2.45, 2.75) is 0 Å². The Morgan fingerprint density at radius 3 is 2.81 bits per heavy atom. The number of hydrogen-bond acceptors (Lipinski definition) is 4. The maximum Gasteiger partial charge on any atom is 0.222 e. The van der Waals surface area contributed by atoms with Gasteiger partial charge in [-0.3, -0.25) is 0 Å². The molecule has 16 heavy (non-hydrogen) atoms. The average molecular weight is 275 g/mol. The van der Waals surface area contributed by atoms with Gasteiger partial charge in [0, 0.05) is 21.4 Å². The second-order valence-corrected chi connectivity index (χ2v) is 4.38. The van der Waals surface area contributed by atoms with Gasteiger partial charge in [0.1, 0.15) is 0 Å². The van der Waals surface area contributed by atoms with Crippen molar-refractivity contribution in [2.24, 2.45) is 0 Å². The molecule has 0 unspecified atom stereocenters. The molecule has 3 aromatic rings. The summed E-state index contributed by atoms with van der Waals surface area (Å²) >= 11 is 3.43. The van der Waals surface area contributed by atoms with Gasteiger partial charge in [-0.15, -0.1) is 0 Å². The van der Waals surface area contributed by atoms with Gasteiger partial charge in [0.15, 0.2) is 5.65 Å². The Balaban J connectivity index is 2.44. The lowest BCUT2D eigenvalue weighted by atomic mass is 10.2. The zero-order valence-corrected chi connectivity index (χ0v) is 9.77. The molecule has 1 aromatic carbocycles. The van der Waals surface area contributed by atoms with Crippen molar-refractivity contribution in [2.75, 3.05) is 5.73 Å². The Bertz CT molecular complexity index is 634. The molecular formula is C11H7BrN4. The number of rotatable bonds is 0. The molecule has 78 valence electrons. The minimum Gasteiger partial charge on any atom is -0.368 e. The van der Waals surface area contributed by atoms with Gasteiger partial charge < -0.3 is 5.73 Å². The maximum atomic E-state index is 5.52. The summed E-state index contributed by atoms with van der Waals surface area (Å²) in [6, 6.07) is 7.91. The molecule has 0 spiro atoms. The van der Waals surface area contributed by atoms with Crippen molar-refractivity contribution in [1.29, 1.82) is 0 Å². The predicted octanol–water partition coefficient (Wildman–Crippen LogP) is 2.52. The largest absolute Gasteiger partial charge is 0.368 e. The number of hydrogen-bond donors (Lipinski definition) is 1. The van der Waals surface area contributed by atoms with Crippen molar-refractivity contribution >= 4 is 43.8 Å². The number of halogens is 1. The molecule has 0 saturated carbocycles. The molecule has 0 aliphatic heterocycles. The molecule has 2 N–H and O–H groups in total. The Kier molecular flexibility index (Phi) is 2.00. The SMILES string of the molecule is Nc1ncc2cc3cc(Br)ccc3nc2n1. The van der Waals surface area contributed by atoms with E-state index in [-0.39, 0.29) is 5.95 Å². The number of fused-ring (bicyclic) bond motifs is 2. The van der Waals surface area contributed by atoms with Gasteiger partial charge in [-0.1, -0.05) is 15.9 Å². The van der Waals surface area contributed by atoms with Crippen molar-refractivity contribution in [1.82, 2.24) is 15.0 Å². The molecule has 0 amide bonds. The van der Waals surface area contributed by atoms with E-state index in [4.69, 9.17) is 5.73 Å². The first-order chi connectivity index (χ1) is 7.72. The van der Waals surface area contributed by atoms with E-state index in [1.54, 1.807) is 6.20 Å². The zero-order chi connectivity index (χ0) is 11.1. The van der Waals surface area contributed by atoms with Gasteiger partial charge >= 0.3 is 0 Å². The van der Waals surface area contributed by atoms with Crippen LogP contribution in [-0.4, -0.2) is 15.0 Å². The van der Waals surface area contributed by atoms with E-state index in [0.717, 1.165) is 20.8 Å². The summed E-state index contributed by atoms with van der Waals surface area (Å²) in [6.07, 6.45) is 1.69. The van der Waals surface area contributed by atoms with Crippen LogP contribution < -0.4 is 5.73 Å². The Hall–Kier alpha value is -1.75. The molecule has 4 nitrogen and oxygen atoms in total. The summed E-state index contributed by atoms with van der Waals surface area (Å²) in [5.41, 5.74) is 7.05. The van der Waals surface area contributed by atoms with Crippen molar-refractivity contribution < 1.29 is 0 Å². The quantitative estimate of drug-likeness (QED) is 0.640. The summed E-state index contributed by atoms with van der Waals surface area (Å²) in [4.78, 5) is 12.5. The van der Waals surface area contributed by atoms with Crippen LogP contribution in [0.1, 0.15) is 0 Å². The Labute approximate surface area is 99.7 Å². The third-order valence-electron chi connectivity index (χ3n) is 2.34. The summed E-state index contributed by atoms with van der Waals surface area (Å²) in [5, 5.41) is 1.94. The fraction of sp³-hybridized carbons (Fsp3) is 0. The van der Waals surface area contributed by atoms with Crippen LogP contribution in [0.5, 0.6) is 0 Å². The standard InChI is InChI=1S/C11H7BrN4/c12-8-1-2-9-6(4-8)3-7-5-14-11(13)16-10(7)15-9/h1-5H,(H2,13,14,15,16). The van der Waals surface area contributed by atoms with Crippen LogP contribution in [0.4, 0.5) is 5.95 Å². The minimum absolute atomic E-state index is 0.247. The van der Waals surface area contributed by atoms with Crippen molar-refractivity contribution in [3.8, 4) is 0 Å². The number of pyridine rings is 1. The molecule has 0 aliphatic carbocycles. The van der Waals surface area contributed by atoms with Gasteiger partial charge in [0.2, 0.25) is 5.95 Å². The van der Waals surface area contributed by atoms with E-state index >= 15 is 0 Å². The van der Waals surface area contributed by atoms with Crippen LogP contribution in [0.3, 0.4) is 0 Å². The Morgan fingerprint density at radius 2 is 1.94 bits per heavy atom. The first-order valence-electron chi connectivity index (χ1n) is 4.71. The lowest BCUT2D eigenvalue weighted by molar-refractivity contribution is 1.21. The number of nitrogens with zero attached hydrogens (tertiary/aromatic N) is 3. The van der Waals surface area contributed by atoms with Gasteiger partial charge in [-0.25, -0.2) is 9.97 Å². The molecule has 0 bridgehead atoms. The molecule has 2 aromatic heterocycles. The molecule has 3 rings (SSSR count). The van der Waals surface area contributed by atoms with E-state index in [9.17, 15) is 0 Å². The monoisotopic (exact) mass is 274 g/mol. The first kappa shape index (κ1) is 9.47. The fourth-order valence-electron chi connectivity index (χ4n) is 1.61. The summed E-state index contributed by atoms with van der Waals surface area (Å²) in [5.74, 6) is 0.247. The average Bonchev–Trinajstić information content (AvgIpc) is 2.26. The van der Waals surface area contributed by atoms with E-state index in [2.05, 4.69) is 30.9 Å². The molecule has 0 atom stereocenters. The smallest absolute Gasteiger partial charge is 0.222 e. The second-order valence-electron chi connectivity index (χ2n) is 3.47. The zero-order valence-electron chi connectivity index (χ0n) is 8.18. The summed E-state index contributed by atoms with van der Waals surface area (Å²) in [6.45, 7) is 0. The van der Waals surface area contributed by atoms with E-state index in [1.807, 2.05) is 24.3 Å². The summed E-state index contributed by atoms with van der Waals surface area (Å²) < 4.78 is 1.03. The van der Waals surface area contributed by atoms with Gasteiger partial charge in [-0.05, 0) is 24.3 Å². The highest BCUT2D eigenvalue weighted by molar-refractivity contribution is 9.10. The lowest BCUT2D eigenvalue weighted by Gasteiger charge is -2.01. The Morgan fingerprint density at radius 1 is 1.06 bits per heavy atom. The minimum atomic E-state index is 0.247. The highest BCUT2D eigenvalue weighted by Gasteiger charge is 2.02. The molecule has 0 aliphatic rings. The number of benzene rings is 1. The molecular weight excluding hydrogens is 268 g/mol. The van der Waals surface area contributed by atoms with Gasteiger partial charge in [0.05, 0.1) is 5.52 Å². The number of aromatic nitrogens is 3. The predicted molar refractivity (Wildman–Crippen MR) is 67.0 cm³/mol. The topological polar surface area (TPSA) is 64.7 Å². The van der Waals surface area contributed by atoms with Gasteiger partial charge in [0.25, 0.3) is 0 Å². The number of anilines is 1. The molecule has 0 radical (unpaired) electrons. The van der Waals surface area contributed by atoms with Crippen molar-refractivity contribution in [3.05, 3.63) is 34.9 Å². The van der Waals surface area contributed by atoms with Crippen LogP contribution in [0.2, 0.25) is 0 Å². The third kappa shape index (κ3) is 1.49. The van der Waals surface area contributed by atoms with Crippen LogP contribution in [0.15, 0.2) is 34.9 Å². The van der Waals surface area contributed by atoms with E-state index in [1.165, 1.54) is 0 Å². The molecule has 0 fully saturated rings. The highest BCUT2D eigenvalue weighted by atomic mass is 79.9. The third-order valence-corrected chi connectivity index (χ3v) is 2.83. The van der Waals surface area contributed by atoms with E-state index in [0.29, 0.717) is 5.65 Å². The lowest BCUT2D eigenvalue weighted by Crippen LogP contribution is -1.95. The van der Waals surface area contributed by atoms with E-state index < -0.39 is 0 Å². The molecule has 0 saturated heterocycles. The molecule has 5 heteroatoms. The highest BCUT2D eigenvalue weighted by Crippen LogP contribution is 2.21. The van der Waals surface area contributed by atoms with Crippen molar-refractivity contribution in [3.63, 3.8) is 0 Å². The van der Waals surface area contributed by atoms with Gasteiger partial charge in [-0.2, -0.15) is 4.98 Å². The normalized spacial score (nSPS) is 11.1. The molecule has 2 heterocycles. The van der Waals surface area contributed by atoms with Crippen LogP contribution in [-0.2, 0) is 0 Å². The van der Waals surface area contributed by atoms with Crippen LogP contribution >= 0.6 is 15.9 Å². The summed E-state index contributed by atoms with van der Waals surface area (Å²) in [7, 11) is 0. The van der Waals surface area contributed by atoms with Crippen LogP contribution in [0, 0.1) is 0 Å². The number of nitrogens with two attached hydrogens (primary N) is 1. The maximum absolute atomic E-state index is 5.52. The first-order valence-corrected chi connectivity index (χ1v) is 5.50. The van der Waals surface area contributed by atoms with Crippen LogP contribution in [0.25, 0.3) is 21.9 Å². The fourth-order valence-corrected chi connectivity index (χ4v) is 1.99. The number of nitrogen functional groups attached to an aromatic ring is 1.